The normalized spacial score (nSPS) is 21.6. The molecule has 0 amide bonds. The molecule has 0 spiro atoms. The summed E-state index contributed by atoms with van der Waals surface area (Å²) in [6.07, 6.45) is 7.46. The number of methoxy groups -OCH3 is 1. The van der Waals surface area contributed by atoms with Crippen molar-refractivity contribution >= 4 is 0 Å². The van der Waals surface area contributed by atoms with E-state index in [0.717, 1.165) is 44.1 Å². The molecule has 2 aliphatic carbocycles. The third-order valence-electron chi connectivity index (χ3n) is 4.33. The van der Waals surface area contributed by atoms with Crippen molar-refractivity contribution in [3.63, 3.8) is 0 Å². The van der Waals surface area contributed by atoms with Crippen LogP contribution in [0.25, 0.3) is 0 Å². The van der Waals surface area contributed by atoms with Gasteiger partial charge in [0, 0.05) is 17.2 Å². The van der Waals surface area contributed by atoms with E-state index in [1.54, 1.807) is 7.11 Å². The van der Waals surface area contributed by atoms with Crippen LogP contribution in [0.1, 0.15) is 50.5 Å². The molecule has 0 aliphatic heterocycles. The zero-order valence-corrected chi connectivity index (χ0v) is 12.0. The van der Waals surface area contributed by atoms with Crippen LogP contribution in [0.4, 0.5) is 4.39 Å². The monoisotopic (exact) mass is 279 g/mol. The zero-order chi connectivity index (χ0) is 14.2. The maximum Gasteiger partial charge on any atom is 0.166 e. The van der Waals surface area contributed by atoms with Crippen molar-refractivity contribution in [3.05, 3.63) is 23.5 Å². The van der Waals surface area contributed by atoms with Gasteiger partial charge < -0.3 is 15.2 Å². The lowest BCUT2D eigenvalue weighted by Crippen LogP contribution is -2.39. The number of hydrogen-bond donors (Lipinski definition) is 1. The van der Waals surface area contributed by atoms with Crippen LogP contribution in [0.15, 0.2) is 12.1 Å². The third-order valence-corrected chi connectivity index (χ3v) is 4.33. The molecule has 0 heterocycles. The van der Waals surface area contributed by atoms with E-state index in [2.05, 4.69) is 0 Å². The highest BCUT2D eigenvalue weighted by Crippen LogP contribution is 2.45. The Morgan fingerprint density at radius 3 is 2.50 bits per heavy atom. The van der Waals surface area contributed by atoms with Gasteiger partial charge in [0.25, 0.3) is 0 Å². The molecule has 3 nitrogen and oxygen atoms in total. The lowest BCUT2D eigenvalue weighted by molar-refractivity contribution is 0.250. The molecule has 3 rings (SSSR count). The van der Waals surface area contributed by atoms with Gasteiger partial charge in [-0.15, -0.1) is 0 Å². The number of rotatable bonds is 4. The van der Waals surface area contributed by atoms with Crippen molar-refractivity contribution in [3.8, 4) is 11.5 Å². The van der Waals surface area contributed by atoms with Crippen molar-refractivity contribution in [2.75, 3.05) is 7.11 Å². The summed E-state index contributed by atoms with van der Waals surface area (Å²) < 4.78 is 25.2. The fourth-order valence-electron chi connectivity index (χ4n) is 3.02. The van der Waals surface area contributed by atoms with Crippen LogP contribution in [0.2, 0.25) is 0 Å². The van der Waals surface area contributed by atoms with Crippen molar-refractivity contribution in [1.82, 2.24) is 0 Å². The minimum atomic E-state index is -0.488. The van der Waals surface area contributed by atoms with Gasteiger partial charge in [-0.05, 0) is 31.7 Å². The molecule has 0 radical (unpaired) electrons. The SMILES string of the molecule is COc1cc(F)cc(C2(N)CCCCC2)c1OC1CC1. The van der Waals surface area contributed by atoms with Gasteiger partial charge in [0.15, 0.2) is 11.5 Å². The second kappa shape index (κ2) is 5.24. The number of halogens is 1. The Kier molecular flexibility index (Phi) is 3.59. The highest BCUT2D eigenvalue weighted by Gasteiger charge is 2.36. The Labute approximate surface area is 119 Å². The van der Waals surface area contributed by atoms with Crippen LogP contribution < -0.4 is 15.2 Å². The van der Waals surface area contributed by atoms with Gasteiger partial charge in [-0.3, -0.25) is 0 Å². The standard InChI is InChI=1S/C16H22FNO2/c1-19-14-10-11(17)9-13(15(14)20-12-5-6-12)16(18)7-3-2-4-8-16/h9-10,12H,2-8,18H2,1H3. The van der Waals surface area contributed by atoms with E-state index in [0.29, 0.717) is 11.5 Å². The predicted molar refractivity (Wildman–Crippen MR) is 75.6 cm³/mol. The Morgan fingerprint density at radius 2 is 1.90 bits per heavy atom. The fourth-order valence-corrected chi connectivity index (χ4v) is 3.02. The molecule has 2 N–H and O–H groups in total. The van der Waals surface area contributed by atoms with Crippen LogP contribution in [-0.2, 0) is 5.54 Å². The first-order valence-electron chi connectivity index (χ1n) is 7.46. The van der Waals surface area contributed by atoms with Crippen LogP contribution in [0.5, 0.6) is 11.5 Å². The molecule has 4 heteroatoms. The number of ether oxygens (including phenoxy) is 2. The maximum absolute atomic E-state index is 13.9. The Morgan fingerprint density at radius 1 is 1.20 bits per heavy atom. The molecule has 0 atom stereocenters. The quantitative estimate of drug-likeness (QED) is 0.917. The van der Waals surface area contributed by atoms with Crippen LogP contribution >= 0.6 is 0 Å². The second-order valence-electron chi connectivity index (χ2n) is 6.02. The van der Waals surface area contributed by atoms with Gasteiger partial charge in [0.1, 0.15) is 5.82 Å². The summed E-state index contributed by atoms with van der Waals surface area (Å²) in [5.41, 5.74) is 6.86. The average Bonchev–Trinajstić information content (AvgIpc) is 3.25. The molecule has 2 saturated carbocycles. The number of benzene rings is 1. The van der Waals surface area contributed by atoms with Gasteiger partial charge in [0.2, 0.25) is 0 Å². The minimum Gasteiger partial charge on any atom is -0.493 e. The van der Waals surface area contributed by atoms with Crippen molar-refractivity contribution in [1.29, 1.82) is 0 Å². The summed E-state index contributed by atoms with van der Waals surface area (Å²) in [5.74, 6) is 0.804. The molecule has 1 aromatic rings. The minimum absolute atomic E-state index is 0.236. The molecular formula is C16H22FNO2. The lowest BCUT2D eigenvalue weighted by atomic mass is 9.77. The highest BCUT2D eigenvalue weighted by atomic mass is 19.1. The summed E-state index contributed by atoms with van der Waals surface area (Å²) in [5, 5.41) is 0. The third kappa shape index (κ3) is 2.62. The Hall–Kier alpha value is -1.29. The van der Waals surface area contributed by atoms with E-state index in [-0.39, 0.29) is 11.9 Å². The van der Waals surface area contributed by atoms with Gasteiger partial charge in [-0.2, -0.15) is 0 Å². The molecule has 0 saturated heterocycles. The molecule has 2 fully saturated rings. The molecule has 0 unspecified atom stereocenters. The van der Waals surface area contributed by atoms with E-state index in [1.165, 1.54) is 18.6 Å². The first-order valence-corrected chi connectivity index (χ1v) is 7.46. The fraction of sp³-hybridized carbons (Fsp3) is 0.625. The lowest BCUT2D eigenvalue weighted by Gasteiger charge is -2.35. The molecule has 110 valence electrons. The van der Waals surface area contributed by atoms with E-state index >= 15 is 0 Å². The summed E-state index contributed by atoms with van der Waals surface area (Å²) in [4.78, 5) is 0. The summed E-state index contributed by atoms with van der Waals surface area (Å²) in [6, 6.07) is 2.92. The molecule has 20 heavy (non-hydrogen) atoms. The molecule has 1 aromatic carbocycles. The molecule has 2 aliphatic rings. The molecular weight excluding hydrogens is 257 g/mol. The van der Waals surface area contributed by atoms with E-state index < -0.39 is 5.54 Å². The summed E-state index contributed by atoms with van der Waals surface area (Å²) in [7, 11) is 1.54. The topological polar surface area (TPSA) is 44.5 Å². The van der Waals surface area contributed by atoms with Crippen LogP contribution in [0, 0.1) is 5.82 Å². The smallest absolute Gasteiger partial charge is 0.166 e. The molecule has 0 aromatic heterocycles. The van der Waals surface area contributed by atoms with Gasteiger partial charge in [0.05, 0.1) is 13.2 Å². The second-order valence-corrected chi connectivity index (χ2v) is 6.02. The predicted octanol–water partition coefficient (Wildman–Crippen LogP) is 3.49. The molecule has 0 bridgehead atoms. The van der Waals surface area contributed by atoms with Crippen molar-refractivity contribution < 1.29 is 13.9 Å². The van der Waals surface area contributed by atoms with Gasteiger partial charge >= 0.3 is 0 Å². The Bertz CT molecular complexity index is 493. The largest absolute Gasteiger partial charge is 0.493 e. The number of nitrogens with two attached hydrogens (primary N) is 1. The van der Waals surface area contributed by atoms with Crippen LogP contribution in [-0.4, -0.2) is 13.2 Å². The van der Waals surface area contributed by atoms with Crippen molar-refractivity contribution in [2.24, 2.45) is 5.73 Å². The first kappa shape index (κ1) is 13.7. The van der Waals surface area contributed by atoms with Crippen molar-refractivity contribution in [2.45, 2.75) is 56.6 Å². The van der Waals surface area contributed by atoms with E-state index in [4.69, 9.17) is 15.2 Å². The number of hydrogen-bond acceptors (Lipinski definition) is 3. The van der Waals surface area contributed by atoms with Gasteiger partial charge in [-0.1, -0.05) is 19.3 Å². The van der Waals surface area contributed by atoms with Gasteiger partial charge in [-0.25, -0.2) is 4.39 Å². The Balaban J connectivity index is 2.03. The summed E-state index contributed by atoms with van der Waals surface area (Å²) >= 11 is 0. The van der Waals surface area contributed by atoms with Crippen LogP contribution in [0.3, 0.4) is 0 Å². The highest BCUT2D eigenvalue weighted by molar-refractivity contribution is 5.51. The average molecular weight is 279 g/mol. The maximum atomic E-state index is 13.9. The zero-order valence-electron chi connectivity index (χ0n) is 12.0. The first-order chi connectivity index (χ1) is 9.62. The van der Waals surface area contributed by atoms with E-state index in [1.807, 2.05) is 0 Å². The summed E-state index contributed by atoms with van der Waals surface area (Å²) in [6.45, 7) is 0. The van der Waals surface area contributed by atoms with E-state index in [9.17, 15) is 4.39 Å².